The van der Waals surface area contributed by atoms with E-state index in [1.807, 2.05) is 43.5 Å². The lowest BCUT2D eigenvalue weighted by Crippen LogP contribution is -2.57. The van der Waals surface area contributed by atoms with Gasteiger partial charge < -0.3 is 25.6 Å². The summed E-state index contributed by atoms with van der Waals surface area (Å²) in [6.07, 6.45) is 8.76. The molecule has 7 rings (SSSR count). The Hall–Kier alpha value is -4.14. The van der Waals surface area contributed by atoms with Crippen molar-refractivity contribution in [1.29, 1.82) is 0 Å². The number of thiazole rings is 1. The average Bonchev–Trinajstić information content (AvgIpc) is 3.70. The highest BCUT2D eigenvalue weighted by atomic mass is 32.1. The summed E-state index contributed by atoms with van der Waals surface area (Å²) in [6.45, 7) is 16.1. The summed E-state index contributed by atoms with van der Waals surface area (Å²) in [5, 5.41) is 39.5. The number of aliphatic hydroxyl groups excluding tert-OH is 2. The minimum atomic E-state index is -0.689. The number of hydrogen-bond acceptors (Lipinski definition) is 12. The summed E-state index contributed by atoms with van der Waals surface area (Å²) in [5.74, 6) is 0.263. The molecule has 4 atom stereocenters. The number of ether oxygens (including phenoxy) is 1. The lowest BCUT2D eigenvalue weighted by Gasteiger charge is -2.61. The Kier molecular flexibility index (Phi) is 11.0. The van der Waals surface area contributed by atoms with Gasteiger partial charge in [-0.2, -0.15) is 5.10 Å². The highest BCUT2D eigenvalue weighted by Gasteiger charge is 2.58. The first-order chi connectivity index (χ1) is 26.2. The molecule has 13 heteroatoms. The zero-order chi connectivity index (χ0) is 39.0. The van der Waals surface area contributed by atoms with Crippen molar-refractivity contribution in [2.24, 2.45) is 16.2 Å². The van der Waals surface area contributed by atoms with E-state index in [1.54, 1.807) is 18.3 Å². The minimum Gasteiger partial charge on any atom is -0.394 e. The van der Waals surface area contributed by atoms with E-state index < -0.39 is 6.10 Å². The second kappa shape index (κ2) is 15.4. The van der Waals surface area contributed by atoms with Crippen LogP contribution in [0.2, 0.25) is 0 Å². The summed E-state index contributed by atoms with van der Waals surface area (Å²) >= 11 is 1.54. The van der Waals surface area contributed by atoms with Crippen molar-refractivity contribution in [3.8, 4) is 11.1 Å². The van der Waals surface area contributed by atoms with Gasteiger partial charge in [-0.25, -0.2) is 4.98 Å². The van der Waals surface area contributed by atoms with E-state index in [4.69, 9.17) is 14.9 Å². The van der Waals surface area contributed by atoms with Crippen LogP contribution in [0.25, 0.3) is 21.3 Å². The van der Waals surface area contributed by atoms with E-state index in [9.17, 15) is 9.90 Å². The molecule has 292 valence electrons. The molecule has 3 unspecified atom stereocenters. The fraction of sp³-hybridized carbons (Fsp3) is 0.524. The number of carbonyl (C=O) groups is 1. The fourth-order valence-corrected chi connectivity index (χ4v) is 10.9. The van der Waals surface area contributed by atoms with Gasteiger partial charge in [0.1, 0.15) is 11.4 Å². The monoisotopic (exact) mass is 766 g/mol. The van der Waals surface area contributed by atoms with Gasteiger partial charge in [-0.15, -0.1) is 10.2 Å². The van der Waals surface area contributed by atoms with Gasteiger partial charge in [0.25, 0.3) is 0 Å². The van der Waals surface area contributed by atoms with Crippen molar-refractivity contribution >= 4 is 38.3 Å². The van der Waals surface area contributed by atoms with Crippen LogP contribution in [0.3, 0.4) is 0 Å². The van der Waals surface area contributed by atoms with Gasteiger partial charge in [0, 0.05) is 36.1 Å². The number of rotatable bonds is 15. The molecule has 5 aromatic rings. The first kappa shape index (κ1) is 39.1. The zero-order valence-electron chi connectivity index (χ0n) is 32.9. The molecule has 2 saturated carbocycles. The average molecular weight is 767 g/mol. The van der Waals surface area contributed by atoms with Gasteiger partial charge >= 0.3 is 0 Å². The molecule has 1 aromatic carbocycles. The number of hydrogen-bond donors (Lipinski definition) is 4. The van der Waals surface area contributed by atoms with Crippen LogP contribution >= 0.6 is 11.3 Å². The zero-order valence-corrected chi connectivity index (χ0v) is 33.7. The SMILES string of the molecule is Cc1cc(C(=O)c2ccc(-c3cnn(CC4(C)CC5(C)CC(C)(C)CC(OCCNCC[C@H](O)CO)(C4)C5)c3C)cn2)nnc1Nc1nc2ccccc2s1. The number of anilines is 2. The lowest BCUT2D eigenvalue weighted by molar-refractivity contribution is -0.192. The van der Waals surface area contributed by atoms with E-state index in [0.29, 0.717) is 42.8 Å². The van der Waals surface area contributed by atoms with Crippen LogP contribution in [0.5, 0.6) is 0 Å². The molecule has 0 aliphatic heterocycles. The van der Waals surface area contributed by atoms with E-state index in [-0.39, 0.29) is 39.9 Å². The Morgan fingerprint density at radius 1 is 0.982 bits per heavy atom. The molecule has 4 aromatic heterocycles. The number of aliphatic hydroxyl groups is 2. The molecule has 12 nitrogen and oxygen atoms in total. The second-order valence-corrected chi connectivity index (χ2v) is 18.5. The maximum absolute atomic E-state index is 13.4. The predicted molar refractivity (Wildman–Crippen MR) is 216 cm³/mol. The van der Waals surface area contributed by atoms with Gasteiger partial charge in [-0.3, -0.25) is 14.5 Å². The smallest absolute Gasteiger partial charge is 0.231 e. The Bertz CT molecular complexity index is 2110. The molecule has 0 saturated heterocycles. The molecule has 55 heavy (non-hydrogen) atoms. The predicted octanol–water partition coefficient (Wildman–Crippen LogP) is 7.04. The largest absolute Gasteiger partial charge is 0.394 e. The van der Waals surface area contributed by atoms with Crippen molar-refractivity contribution < 1.29 is 19.7 Å². The molecule has 2 aliphatic rings. The molecule has 4 N–H and O–H groups in total. The summed E-state index contributed by atoms with van der Waals surface area (Å²) < 4.78 is 10.1. The van der Waals surface area contributed by atoms with Crippen LogP contribution in [0.15, 0.2) is 54.9 Å². The molecule has 0 spiro atoms. The minimum absolute atomic E-state index is 0.0244. The van der Waals surface area contributed by atoms with Crippen LogP contribution in [-0.2, 0) is 11.3 Å². The number of para-hydroxylation sites is 1. The van der Waals surface area contributed by atoms with E-state index in [2.05, 4.69) is 70.1 Å². The number of fused-ring (bicyclic) bond motifs is 3. The maximum Gasteiger partial charge on any atom is 0.231 e. The maximum atomic E-state index is 13.4. The standard InChI is InChI=1S/C42H54N8O4S/c1-27-17-34(48-49-37(27)47-38-46-32-9-7-8-10-35(32)55-38)36(53)33-12-11-29(18-44-33)31-19-45-50(28(31)2)26-41(6)23-40(5)21-39(3,4)22-42(24-40,25-41)54-16-15-43-14-13-30(52)20-51/h7-12,17-19,30,43,51-52H,13-16,20-26H2,1-6H3,(H,46,47,49)/t30-,40?,41?,42?/m0/s1. The Morgan fingerprint density at radius 2 is 1.80 bits per heavy atom. The molecule has 2 bridgehead atoms. The van der Waals surface area contributed by atoms with Crippen LogP contribution in [0, 0.1) is 30.1 Å². The highest BCUT2D eigenvalue weighted by molar-refractivity contribution is 7.22. The molecule has 0 radical (unpaired) electrons. The van der Waals surface area contributed by atoms with Crippen LogP contribution in [-0.4, -0.2) is 84.0 Å². The van der Waals surface area contributed by atoms with Gasteiger partial charge in [-0.05, 0) is 105 Å². The lowest BCUT2D eigenvalue weighted by atomic mass is 9.48. The van der Waals surface area contributed by atoms with Gasteiger partial charge in [0.05, 0.1) is 41.3 Å². The van der Waals surface area contributed by atoms with Gasteiger partial charge in [-0.1, -0.05) is 57.2 Å². The molecule has 0 amide bonds. The molecular formula is C42H54N8O4S. The van der Waals surface area contributed by atoms with Crippen LogP contribution in [0.4, 0.5) is 10.9 Å². The number of nitrogens with zero attached hydrogens (tertiary/aromatic N) is 6. The number of aromatic nitrogens is 6. The van der Waals surface area contributed by atoms with Gasteiger partial charge in [0.2, 0.25) is 5.78 Å². The van der Waals surface area contributed by atoms with E-state index >= 15 is 0 Å². The first-order valence-electron chi connectivity index (χ1n) is 19.3. The van der Waals surface area contributed by atoms with Crippen molar-refractivity contribution in [3.05, 3.63) is 77.5 Å². The summed E-state index contributed by atoms with van der Waals surface area (Å²) in [6, 6.07) is 13.3. The second-order valence-electron chi connectivity index (χ2n) is 17.5. The number of benzene rings is 1. The third-order valence-electron chi connectivity index (χ3n) is 11.3. The van der Waals surface area contributed by atoms with E-state index in [1.165, 1.54) is 11.3 Å². The third-order valence-corrected chi connectivity index (χ3v) is 12.2. The number of nitrogens with one attached hydrogen (secondary N) is 2. The van der Waals surface area contributed by atoms with E-state index in [0.717, 1.165) is 71.2 Å². The van der Waals surface area contributed by atoms with Crippen molar-refractivity contribution in [3.63, 3.8) is 0 Å². The first-order valence-corrected chi connectivity index (χ1v) is 20.1. The topological polar surface area (TPSA) is 160 Å². The van der Waals surface area contributed by atoms with Crippen molar-refractivity contribution in [2.75, 3.05) is 31.6 Å². The Labute approximate surface area is 327 Å². The Balaban J connectivity index is 1.01. The highest BCUT2D eigenvalue weighted by Crippen LogP contribution is 2.63. The molecular weight excluding hydrogens is 713 g/mol. The molecule has 4 heterocycles. The number of aryl methyl sites for hydroxylation is 1. The number of ketones is 1. The van der Waals surface area contributed by atoms with Crippen LogP contribution < -0.4 is 10.6 Å². The summed E-state index contributed by atoms with van der Waals surface area (Å²) in [7, 11) is 0. The fourth-order valence-electron chi connectivity index (χ4n) is 10.0. The van der Waals surface area contributed by atoms with Crippen molar-refractivity contribution in [2.45, 2.75) is 98.3 Å². The summed E-state index contributed by atoms with van der Waals surface area (Å²) in [5.41, 5.74) is 5.27. The quantitative estimate of drug-likeness (QED) is 0.0639. The van der Waals surface area contributed by atoms with Gasteiger partial charge in [0.15, 0.2) is 10.9 Å². The summed E-state index contributed by atoms with van der Waals surface area (Å²) in [4.78, 5) is 22.6. The molecule has 2 fully saturated rings. The normalized spacial score (nSPS) is 23.9. The molecule has 2 aliphatic carbocycles. The third kappa shape index (κ3) is 8.81. The van der Waals surface area contributed by atoms with Crippen LogP contribution in [0.1, 0.15) is 93.7 Å². The van der Waals surface area contributed by atoms with Crippen molar-refractivity contribution in [1.82, 2.24) is 35.3 Å². The number of pyridine rings is 1. The Morgan fingerprint density at radius 3 is 2.55 bits per heavy atom. The number of carbonyl (C=O) groups excluding carboxylic acids is 1.